The van der Waals surface area contributed by atoms with Crippen LogP contribution in [0.15, 0.2) is 0 Å². The zero-order valence-corrected chi connectivity index (χ0v) is 11.0. The maximum Gasteiger partial charge on any atom is 0.220 e. The summed E-state index contributed by atoms with van der Waals surface area (Å²) in [5.74, 6) is 1.57. The zero-order valence-electron chi connectivity index (χ0n) is 11.0. The van der Waals surface area contributed by atoms with Crippen LogP contribution in [0.2, 0.25) is 0 Å². The summed E-state index contributed by atoms with van der Waals surface area (Å²) in [6.07, 6.45) is 2.35. The van der Waals surface area contributed by atoms with E-state index in [2.05, 4.69) is 39.8 Å². The average molecular weight is 254 g/mol. The van der Waals surface area contributed by atoms with Crippen LogP contribution in [0.5, 0.6) is 0 Å². The first kappa shape index (κ1) is 14.6. The highest BCUT2D eigenvalue weighted by Crippen LogP contribution is 2.20. The van der Waals surface area contributed by atoms with Gasteiger partial charge in [-0.3, -0.25) is 4.79 Å². The highest BCUT2D eigenvalue weighted by atomic mass is 16.1. The normalized spacial score (nSPS) is 12.7. The SMILES string of the molecule is CC(C)C(CCN)CCC(=O)NCc1nn[nH]n1. The number of carbonyl (C=O) groups excluding carboxylic acids is 1. The van der Waals surface area contributed by atoms with Gasteiger partial charge in [0.15, 0.2) is 5.82 Å². The molecule has 0 spiro atoms. The highest BCUT2D eigenvalue weighted by Gasteiger charge is 2.14. The number of nitrogens with two attached hydrogens (primary N) is 1. The standard InChI is InChI=1S/C11H22N6O/c1-8(2)9(5-6-12)3-4-11(18)13-7-10-14-16-17-15-10/h8-9H,3-7,12H2,1-2H3,(H,13,18)(H,14,15,16,17). The van der Waals surface area contributed by atoms with Crippen molar-refractivity contribution in [2.75, 3.05) is 6.54 Å². The van der Waals surface area contributed by atoms with Crippen LogP contribution < -0.4 is 11.1 Å². The molecule has 1 unspecified atom stereocenters. The van der Waals surface area contributed by atoms with E-state index in [0.29, 0.717) is 37.2 Å². The first-order chi connectivity index (χ1) is 8.63. The molecule has 4 N–H and O–H groups in total. The fourth-order valence-electron chi connectivity index (χ4n) is 1.86. The van der Waals surface area contributed by atoms with Gasteiger partial charge < -0.3 is 11.1 Å². The first-order valence-corrected chi connectivity index (χ1v) is 6.32. The number of aromatic amines is 1. The van der Waals surface area contributed by atoms with E-state index in [1.807, 2.05) is 0 Å². The second-order valence-corrected chi connectivity index (χ2v) is 4.72. The van der Waals surface area contributed by atoms with E-state index >= 15 is 0 Å². The van der Waals surface area contributed by atoms with Crippen LogP contribution in [0.3, 0.4) is 0 Å². The van der Waals surface area contributed by atoms with Gasteiger partial charge in [0, 0.05) is 6.42 Å². The van der Waals surface area contributed by atoms with E-state index in [9.17, 15) is 4.79 Å². The molecule has 18 heavy (non-hydrogen) atoms. The molecule has 0 saturated carbocycles. The topological polar surface area (TPSA) is 110 Å². The molecule has 1 amide bonds. The van der Waals surface area contributed by atoms with Crippen LogP contribution in [0.25, 0.3) is 0 Å². The summed E-state index contributed by atoms with van der Waals surface area (Å²) in [4.78, 5) is 11.6. The number of hydrogen-bond acceptors (Lipinski definition) is 5. The van der Waals surface area contributed by atoms with Crippen molar-refractivity contribution in [2.45, 2.75) is 39.7 Å². The van der Waals surface area contributed by atoms with Gasteiger partial charge in [-0.2, -0.15) is 5.21 Å². The Morgan fingerprint density at radius 1 is 1.44 bits per heavy atom. The average Bonchev–Trinajstić information content (AvgIpc) is 2.84. The molecular formula is C11H22N6O. The lowest BCUT2D eigenvalue weighted by molar-refractivity contribution is -0.121. The van der Waals surface area contributed by atoms with Crippen LogP contribution in [0.1, 0.15) is 38.9 Å². The lowest BCUT2D eigenvalue weighted by atomic mass is 9.88. The minimum atomic E-state index is 0.0162. The van der Waals surface area contributed by atoms with E-state index < -0.39 is 0 Å². The fourth-order valence-corrected chi connectivity index (χ4v) is 1.86. The van der Waals surface area contributed by atoms with Gasteiger partial charge in [0.05, 0.1) is 6.54 Å². The predicted molar refractivity (Wildman–Crippen MR) is 67.3 cm³/mol. The number of tetrazole rings is 1. The van der Waals surface area contributed by atoms with Crippen molar-refractivity contribution in [3.63, 3.8) is 0 Å². The van der Waals surface area contributed by atoms with E-state index in [1.54, 1.807) is 0 Å². The van der Waals surface area contributed by atoms with Gasteiger partial charge in [-0.15, -0.1) is 10.2 Å². The molecule has 1 aromatic rings. The minimum Gasteiger partial charge on any atom is -0.349 e. The summed E-state index contributed by atoms with van der Waals surface area (Å²) >= 11 is 0. The van der Waals surface area contributed by atoms with Crippen LogP contribution in [0, 0.1) is 11.8 Å². The Labute approximate surface area is 107 Å². The molecule has 102 valence electrons. The van der Waals surface area contributed by atoms with Crippen molar-refractivity contribution >= 4 is 5.91 Å². The fraction of sp³-hybridized carbons (Fsp3) is 0.818. The summed E-state index contributed by atoms with van der Waals surface area (Å²) < 4.78 is 0. The number of nitrogens with zero attached hydrogens (tertiary/aromatic N) is 3. The highest BCUT2D eigenvalue weighted by molar-refractivity contribution is 5.75. The molecule has 0 aromatic carbocycles. The van der Waals surface area contributed by atoms with Gasteiger partial charge >= 0.3 is 0 Å². The number of H-pyrrole nitrogens is 1. The summed E-state index contributed by atoms with van der Waals surface area (Å²) in [5, 5.41) is 16.1. The van der Waals surface area contributed by atoms with Gasteiger partial charge in [0.25, 0.3) is 0 Å². The predicted octanol–water partition coefficient (Wildman–Crippen LogP) is 0.217. The molecule has 1 atom stereocenters. The molecule has 0 aliphatic heterocycles. The van der Waals surface area contributed by atoms with Crippen LogP contribution in [-0.2, 0) is 11.3 Å². The Balaban J connectivity index is 2.23. The second-order valence-electron chi connectivity index (χ2n) is 4.72. The lowest BCUT2D eigenvalue weighted by Crippen LogP contribution is -2.25. The van der Waals surface area contributed by atoms with Crippen molar-refractivity contribution in [2.24, 2.45) is 17.6 Å². The summed E-state index contributed by atoms with van der Waals surface area (Å²) in [5.41, 5.74) is 5.57. The smallest absolute Gasteiger partial charge is 0.220 e. The Bertz CT molecular complexity index is 337. The molecule has 0 aliphatic carbocycles. The number of aromatic nitrogens is 4. The summed E-state index contributed by atoms with van der Waals surface area (Å²) in [7, 11) is 0. The molecule has 1 heterocycles. The molecule has 1 rings (SSSR count). The third-order valence-electron chi connectivity index (χ3n) is 3.06. The van der Waals surface area contributed by atoms with E-state index in [4.69, 9.17) is 5.73 Å². The van der Waals surface area contributed by atoms with Crippen molar-refractivity contribution in [3.8, 4) is 0 Å². The van der Waals surface area contributed by atoms with E-state index in [0.717, 1.165) is 12.8 Å². The van der Waals surface area contributed by atoms with Crippen molar-refractivity contribution < 1.29 is 4.79 Å². The monoisotopic (exact) mass is 254 g/mol. The first-order valence-electron chi connectivity index (χ1n) is 6.32. The number of hydrogen-bond donors (Lipinski definition) is 3. The molecule has 0 aliphatic rings. The third kappa shape index (κ3) is 5.22. The maximum atomic E-state index is 11.6. The Morgan fingerprint density at radius 2 is 2.22 bits per heavy atom. The van der Waals surface area contributed by atoms with Gasteiger partial charge in [0.1, 0.15) is 0 Å². The van der Waals surface area contributed by atoms with Crippen molar-refractivity contribution in [1.82, 2.24) is 25.9 Å². The molecule has 7 nitrogen and oxygen atoms in total. The maximum absolute atomic E-state index is 11.6. The molecule has 0 saturated heterocycles. The third-order valence-corrected chi connectivity index (χ3v) is 3.06. The van der Waals surface area contributed by atoms with Gasteiger partial charge in [0.2, 0.25) is 5.91 Å². The summed E-state index contributed by atoms with van der Waals surface area (Å²) in [6, 6.07) is 0. The molecule has 0 radical (unpaired) electrons. The Kier molecular flexibility index (Phi) is 6.27. The number of amides is 1. The summed E-state index contributed by atoms with van der Waals surface area (Å²) in [6.45, 7) is 5.32. The number of nitrogens with one attached hydrogen (secondary N) is 2. The molecular weight excluding hydrogens is 232 g/mol. The van der Waals surface area contributed by atoms with E-state index in [-0.39, 0.29) is 5.91 Å². The van der Waals surface area contributed by atoms with Gasteiger partial charge in [-0.1, -0.05) is 19.1 Å². The Morgan fingerprint density at radius 3 is 2.78 bits per heavy atom. The second kappa shape index (κ2) is 7.75. The molecule has 0 fully saturated rings. The van der Waals surface area contributed by atoms with Gasteiger partial charge in [-0.25, -0.2) is 0 Å². The molecule has 7 heteroatoms. The lowest BCUT2D eigenvalue weighted by Gasteiger charge is -2.19. The van der Waals surface area contributed by atoms with Crippen molar-refractivity contribution in [1.29, 1.82) is 0 Å². The molecule has 0 bridgehead atoms. The van der Waals surface area contributed by atoms with Gasteiger partial charge in [-0.05, 0) is 31.2 Å². The van der Waals surface area contributed by atoms with E-state index in [1.165, 1.54) is 0 Å². The Hall–Kier alpha value is -1.50. The van der Waals surface area contributed by atoms with Crippen LogP contribution >= 0.6 is 0 Å². The molecule has 1 aromatic heterocycles. The minimum absolute atomic E-state index is 0.0162. The van der Waals surface area contributed by atoms with Crippen LogP contribution in [0.4, 0.5) is 0 Å². The number of carbonyl (C=O) groups is 1. The quantitative estimate of drug-likeness (QED) is 0.614. The van der Waals surface area contributed by atoms with Crippen molar-refractivity contribution in [3.05, 3.63) is 5.82 Å². The zero-order chi connectivity index (χ0) is 13.4. The number of rotatable bonds is 8. The largest absolute Gasteiger partial charge is 0.349 e. The van der Waals surface area contributed by atoms with Crippen LogP contribution in [-0.4, -0.2) is 33.1 Å².